The number of hydrogen-bond donors (Lipinski definition) is 2. The molecule has 0 radical (unpaired) electrons. The van der Waals surface area contributed by atoms with Crippen LogP contribution in [0, 0.1) is 0 Å². The van der Waals surface area contributed by atoms with Crippen molar-refractivity contribution in [1.29, 1.82) is 0 Å². The molecule has 0 aromatic carbocycles. The molecule has 0 aliphatic carbocycles. The van der Waals surface area contributed by atoms with Crippen molar-refractivity contribution in [2.45, 2.75) is 32.5 Å². The first-order valence-corrected chi connectivity index (χ1v) is 8.56. The average molecular weight is 439 g/mol. The van der Waals surface area contributed by atoms with Crippen LogP contribution in [0.2, 0.25) is 0 Å². The molecule has 0 unspecified atom stereocenters. The molecule has 2 heterocycles. The van der Waals surface area contributed by atoms with Crippen molar-refractivity contribution in [2.24, 2.45) is 0 Å². The topological polar surface area (TPSA) is 76.1 Å². The van der Waals surface area contributed by atoms with E-state index in [1.807, 2.05) is 0 Å². The van der Waals surface area contributed by atoms with Gasteiger partial charge in [-0.15, -0.1) is 11.3 Å². The summed E-state index contributed by atoms with van der Waals surface area (Å²) in [6, 6.07) is 1.46. The third-order valence-corrected chi connectivity index (χ3v) is 4.08. The molecule has 2 aromatic heterocycles. The Morgan fingerprint density at radius 1 is 1.32 bits per heavy atom. The van der Waals surface area contributed by atoms with E-state index in [0.717, 1.165) is 16.7 Å². The zero-order valence-corrected chi connectivity index (χ0v) is 15.8. The van der Waals surface area contributed by atoms with Gasteiger partial charge in [-0.05, 0) is 42.8 Å². The molecule has 2 aromatic rings. The minimum Gasteiger partial charge on any atom is -0.443 e. The molecule has 0 spiro atoms. The lowest BCUT2D eigenvalue weighted by Gasteiger charge is -2.20. The number of halogens is 4. The highest BCUT2D eigenvalue weighted by Gasteiger charge is 2.34. The van der Waals surface area contributed by atoms with Crippen LogP contribution in [-0.2, 0) is 10.9 Å². The summed E-state index contributed by atoms with van der Waals surface area (Å²) in [5.74, 6) is 0.216. The second-order valence-corrected chi connectivity index (χ2v) is 7.55. The Morgan fingerprint density at radius 3 is 2.56 bits per heavy atom. The summed E-state index contributed by atoms with van der Waals surface area (Å²) < 4.78 is 43.6. The van der Waals surface area contributed by atoms with Crippen molar-refractivity contribution in [1.82, 2.24) is 15.4 Å². The van der Waals surface area contributed by atoms with Gasteiger partial charge in [0.05, 0.1) is 0 Å². The Balaban J connectivity index is 2.15. The number of rotatable bonds is 3. The molecule has 0 aliphatic rings. The minimum absolute atomic E-state index is 0.168. The second-order valence-electron chi connectivity index (χ2n) is 5.84. The molecule has 136 valence electrons. The summed E-state index contributed by atoms with van der Waals surface area (Å²) in [6.07, 6.45) is -3.83. The number of anilines is 1. The van der Waals surface area contributed by atoms with Crippen molar-refractivity contribution in [3.05, 3.63) is 27.8 Å². The summed E-state index contributed by atoms with van der Waals surface area (Å²) in [7, 11) is 0. The lowest BCUT2D eigenvalue weighted by atomic mass is 10.2. The van der Waals surface area contributed by atoms with Gasteiger partial charge in [0.15, 0.2) is 5.69 Å². The largest absolute Gasteiger partial charge is 0.443 e. The highest BCUT2D eigenvalue weighted by atomic mass is 79.9. The van der Waals surface area contributed by atoms with Gasteiger partial charge in [-0.2, -0.15) is 13.2 Å². The molecule has 25 heavy (non-hydrogen) atoms. The predicted molar refractivity (Wildman–Crippen MR) is 91.0 cm³/mol. The van der Waals surface area contributed by atoms with Gasteiger partial charge in [0.2, 0.25) is 0 Å². The monoisotopic (exact) mass is 438 g/mol. The number of nitrogens with one attached hydrogen (secondary N) is 2. The van der Waals surface area contributed by atoms with E-state index in [9.17, 15) is 18.0 Å². The lowest BCUT2D eigenvalue weighted by Crippen LogP contribution is -2.36. The molecule has 6 nitrogen and oxygen atoms in total. The van der Waals surface area contributed by atoms with E-state index < -0.39 is 23.6 Å². The molecule has 0 fully saturated rings. The third-order valence-electron chi connectivity index (χ3n) is 2.57. The van der Waals surface area contributed by atoms with Gasteiger partial charge in [0.25, 0.3) is 0 Å². The van der Waals surface area contributed by atoms with Crippen LogP contribution in [0.3, 0.4) is 0 Å². The van der Waals surface area contributed by atoms with Gasteiger partial charge in [-0.3, -0.25) is 5.43 Å². The van der Waals surface area contributed by atoms with Gasteiger partial charge >= 0.3 is 12.3 Å². The Kier molecular flexibility index (Phi) is 5.57. The fraction of sp³-hybridized carbons (Fsp3) is 0.357. The number of pyridine rings is 1. The summed E-state index contributed by atoms with van der Waals surface area (Å²) in [6.45, 7) is 5.13. The van der Waals surface area contributed by atoms with Crippen LogP contribution in [0.25, 0.3) is 10.6 Å². The van der Waals surface area contributed by atoms with Crippen LogP contribution in [0.5, 0.6) is 0 Å². The number of ether oxygens (including phenoxy) is 1. The maximum atomic E-state index is 12.7. The summed E-state index contributed by atoms with van der Waals surface area (Å²) in [5.41, 5.74) is 3.61. The normalized spacial score (nSPS) is 12.0. The number of hydrazine groups is 1. The number of amides is 1. The quantitative estimate of drug-likeness (QED) is 0.670. The highest BCUT2D eigenvalue weighted by Crippen LogP contribution is 2.36. The zero-order chi connectivity index (χ0) is 18.8. The Hall–Kier alpha value is -1.88. The first kappa shape index (κ1) is 19.4. The molecule has 1 amide bonds. The van der Waals surface area contributed by atoms with E-state index in [1.54, 1.807) is 20.8 Å². The Labute approximate surface area is 153 Å². The van der Waals surface area contributed by atoms with Gasteiger partial charge in [0.1, 0.15) is 16.4 Å². The van der Waals surface area contributed by atoms with Crippen molar-refractivity contribution in [3.63, 3.8) is 0 Å². The zero-order valence-electron chi connectivity index (χ0n) is 13.4. The number of alkyl halides is 3. The number of hydrogen-bond acceptors (Lipinski definition) is 6. The first-order valence-electron chi connectivity index (χ1n) is 6.89. The van der Waals surface area contributed by atoms with Crippen LogP contribution < -0.4 is 10.9 Å². The second kappa shape index (κ2) is 7.16. The van der Waals surface area contributed by atoms with Gasteiger partial charge < -0.3 is 4.74 Å². The SMILES string of the molecule is CC(C)(C)OC(=O)NNc1cc(-c2nc(C(F)(F)F)cs2)c(Br)cn1. The van der Waals surface area contributed by atoms with Crippen molar-refractivity contribution < 1.29 is 22.7 Å². The molecule has 0 atom stereocenters. The molecule has 11 heteroatoms. The highest BCUT2D eigenvalue weighted by molar-refractivity contribution is 9.10. The minimum atomic E-state index is -4.51. The maximum absolute atomic E-state index is 12.7. The summed E-state index contributed by atoms with van der Waals surface area (Å²) >= 11 is 4.09. The van der Waals surface area contributed by atoms with E-state index in [-0.39, 0.29) is 10.8 Å². The number of carbonyl (C=O) groups is 1. The van der Waals surface area contributed by atoms with Crippen molar-refractivity contribution >= 4 is 39.2 Å². The van der Waals surface area contributed by atoms with Crippen LogP contribution in [0.1, 0.15) is 26.5 Å². The molecular weight excluding hydrogens is 425 g/mol. The lowest BCUT2D eigenvalue weighted by molar-refractivity contribution is -0.140. The van der Waals surface area contributed by atoms with Gasteiger partial charge in [0, 0.05) is 21.6 Å². The molecule has 0 bridgehead atoms. The maximum Gasteiger partial charge on any atom is 0.434 e. The first-order chi connectivity index (χ1) is 11.5. The van der Waals surface area contributed by atoms with E-state index in [0.29, 0.717) is 10.0 Å². The fourth-order valence-corrected chi connectivity index (χ4v) is 3.01. The smallest absolute Gasteiger partial charge is 0.434 e. The molecular formula is C14H14BrF3N4O2S. The molecule has 2 N–H and O–H groups in total. The van der Waals surface area contributed by atoms with E-state index in [1.165, 1.54) is 12.3 Å². The van der Waals surface area contributed by atoms with Crippen LogP contribution in [-0.4, -0.2) is 21.7 Å². The average Bonchev–Trinajstić information content (AvgIpc) is 2.94. The van der Waals surface area contributed by atoms with Crippen LogP contribution >= 0.6 is 27.3 Å². The van der Waals surface area contributed by atoms with Crippen molar-refractivity contribution in [3.8, 4) is 10.6 Å². The fourth-order valence-electron chi connectivity index (χ4n) is 1.62. The number of nitrogens with zero attached hydrogens (tertiary/aromatic N) is 2. The van der Waals surface area contributed by atoms with Crippen LogP contribution in [0.4, 0.5) is 23.8 Å². The van der Waals surface area contributed by atoms with Crippen molar-refractivity contribution in [2.75, 3.05) is 5.43 Å². The van der Waals surface area contributed by atoms with E-state index in [2.05, 4.69) is 36.7 Å². The summed E-state index contributed by atoms with van der Waals surface area (Å²) in [5, 5.41) is 1.11. The van der Waals surface area contributed by atoms with Gasteiger partial charge in [-0.1, -0.05) is 0 Å². The van der Waals surface area contributed by atoms with Crippen LogP contribution in [0.15, 0.2) is 22.1 Å². The number of thiazole rings is 1. The number of aromatic nitrogens is 2. The van der Waals surface area contributed by atoms with Gasteiger partial charge in [-0.25, -0.2) is 20.2 Å². The molecule has 0 aliphatic heterocycles. The molecule has 2 rings (SSSR count). The molecule has 0 saturated heterocycles. The number of carbonyl (C=O) groups excluding carboxylic acids is 1. The Bertz CT molecular complexity index is 774. The predicted octanol–water partition coefficient (Wildman–Crippen LogP) is 4.84. The standard InChI is InChI=1S/C14H14BrF3N4O2S/c1-13(2,3)24-12(23)22-21-10-4-7(8(15)5-19-10)11-20-9(6-25-11)14(16,17)18/h4-6H,1-3H3,(H,19,21)(H,22,23). The van der Waals surface area contributed by atoms with E-state index >= 15 is 0 Å². The Morgan fingerprint density at radius 2 is 2.00 bits per heavy atom. The summed E-state index contributed by atoms with van der Waals surface area (Å²) in [4.78, 5) is 19.2. The third kappa shape index (κ3) is 5.56. The molecule has 0 saturated carbocycles. The van der Waals surface area contributed by atoms with E-state index in [4.69, 9.17) is 4.74 Å².